The van der Waals surface area contributed by atoms with Gasteiger partial charge in [-0.1, -0.05) is 15.9 Å². The summed E-state index contributed by atoms with van der Waals surface area (Å²) in [5, 5.41) is 15.8. The maximum absolute atomic E-state index is 9.18. The highest BCUT2D eigenvalue weighted by Gasteiger charge is 2.10. The summed E-state index contributed by atoms with van der Waals surface area (Å²) >= 11 is 12.0. The molecule has 0 saturated carbocycles. The van der Waals surface area contributed by atoms with E-state index in [1.807, 2.05) is 18.2 Å². The summed E-state index contributed by atoms with van der Waals surface area (Å²) in [5.74, 6) is 0.476. The lowest BCUT2D eigenvalue weighted by Gasteiger charge is -2.07. The normalized spacial score (nSPS) is 10.7. The van der Waals surface area contributed by atoms with Crippen molar-refractivity contribution >= 4 is 44.1 Å². The quantitative estimate of drug-likeness (QED) is 0.805. The first kappa shape index (κ1) is 12.0. The van der Waals surface area contributed by atoms with E-state index < -0.39 is 0 Å². The number of nitrogens with zero attached hydrogens (tertiary/aromatic N) is 2. The molecule has 2 rings (SSSR count). The molecule has 84 valence electrons. The number of benzene rings is 1. The number of nitrogens with one attached hydrogen (secondary N) is 1. The summed E-state index contributed by atoms with van der Waals surface area (Å²) in [7, 11) is 0. The van der Waals surface area contributed by atoms with Gasteiger partial charge in [0.1, 0.15) is 6.61 Å². The third kappa shape index (κ3) is 2.13. The van der Waals surface area contributed by atoms with Crippen LogP contribution in [0.5, 0.6) is 0 Å². The first-order valence-corrected chi connectivity index (χ1v) is 6.35. The summed E-state index contributed by atoms with van der Waals surface area (Å²) in [6, 6.07) is 5.71. The number of hydrogen-bond donors (Lipinski definition) is 2. The van der Waals surface area contributed by atoms with Gasteiger partial charge >= 0.3 is 0 Å². The van der Waals surface area contributed by atoms with E-state index in [1.54, 1.807) is 4.57 Å². The standard InChI is InChI=1S/C9H7Br2N3OS/c10-5-1-2-6(11)7(3-5)14-8(4-15)12-13-9(14)16/h1-3,15H,4H2,(H,13,16). The second kappa shape index (κ2) is 4.79. The highest BCUT2D eigenvalue weighted by molar-refractivity contribution is 9.11. The lowest BCUT2D eigenvalue weighted by atomic mass is 10.3. The SMILES string of the molecule is OCc1n[nH]c(=S)n1-c1cc(Br)ccc1Br. The molecule has 4 nitrogen and oxygen atoms in total. The number of aliphatic hydroxyl groups is 1. The first-order chi connectivity index (χ1) is 7.63. The Kier molecular flexibility index (Phi) is 3.58. The van der Waals surface area contributed by atoms with Gasteiger partial charge in [0.2, 0.25) is 0 Å². The average Bonchev–Trinajstić information content (AvgIpc) is 2.63. The number of H-pyrrole nitrogens is 1. The van der Waals surface area contributed by atoms with Crippen LogP contribution in [0.15, 0.2) is 27.1 Å². The molecule has 0 aliphatic carbocycles. The van der Waals surface area contributed by atoms with Gasteiger partial charge in [-0.3, -0.25) is 9.67 Å². The van der Waals surface area contributed by atoms with E-state index in [0.717, 1.165) is 14.6 Å². The van der Waals surface area contributed by atoms with E-state index >= 15 is 0 Å². The van der Waals surface area contributed by atoms with Gasteiger partial charge in [-0.2, -0.15) is 5.10 Å². The van der Waals surface area contributed by atoms with Gasteiger partial charge in [0.05, 0.1) is 5.69 Å². The zero-order valence-electron chi connectivity index (χ0n) is 7.94. The van der Waals surface area contributed by atoms with E-state index in [0.29, 0.717) is 10.6 Å². The van der Waals surface area contributed by atoms with Crippen molar-refractivity contribution in [2.45, 2.75) is 6.61 Å². The van der Waals surface area contributed by atoms with Crippen molar-refractivity contribution in [1.29, 1.82) is 0 Å². The first-order valence-electron chi connectivity index (χ1n) is 4.36. The molecule has 0 saturated heterocycles. The van der Waals surface area contributed by atoms with Crippen molar-refractivity contribution in [3.8, 4) is 5.69 Å². The zero-order valence-corrected chi connectivity index (χ0v) is 11.9. The van der Waals surface area contributed by atoms with E-state index in [9.17, 15) is 5.11 Å². The molecule has 0 atom stereocenters. The third-order valence-corrected chi connectivity index (χ3v) is 3.47. The van der Waals surface area contributed by atoms with Crippen LogP contribution in [0.25, 0.3) is 5.69 Å². The molecule has 1 aromatic carbocycles. The van der Waals surface area contributed by atoms with Crippen molar-refractivity contribution in [2.24, 2.45) is 0 Å². The Hall–Kier alpha value is -0.500. The molecule has 0 fully saturated rings. The molecule has 0 bridgehead atoms. The van der Waals surface area contributed by atoms with Crippen molar-refractivity contribution in [3.05, 3.63) is 37.7 Å². The molecule has 0 aliphatic heterocycles. The Morgan fingerprint density at radius 2 is 2.19 bits per heavy atom. The monoisotopic (exact) mass is 363 g/mol. The molecular formula is C9H7Br2N3OS. The summed E-state index contributed by atoms with van der Waals surface area (Å²) in [4.78, 5) is 0. The molecule has 1 heterocycles. The molecule has 7 heteroatoms. The Bertz CT molecular complexity index is 578. The molecule has 1 aromatic heterocycles. The van der Waals surface area contributed by atoms with Crippen LogP contribution in [0, 0.1) is 4.77 Å². The van der Waals surface area contributed by atoms with Crippen LogP contribution in [0.2, 0.25) is 0 Å². The van der Waals surface area contributed by atoms with Crippen molar-refractivity contribution in [1.82, 2.24) is 14.8 Å². The minimum atomic E-state index is -0.175. The molecule has 0 unspecified atom stereocenters. The van der Waals surface area contributed by atoms with Crippen molar-refractivity contribution in [2.75, 3.05) is 0 Å². The van der Waals surface area contributed by atoms with Crippen LogP contribution in [0.4, 0.5) is 0 Å². The molecule has 0 spiro atoms. The van der Waals surface area contributed by atoms with Gasteiger partial charge in [-0.05, 0) is 46.3 Å². The number of rotatable bonds is 2. The van der Waals surface area contributed by atoms with Crippen LogP contribution < -0.4 is 0 Å². The van der Waals surface area contributed by atoms with Crippen LogP contribution >= 0.6 is 44.1 Å². The molecule has 0 aliphatic rings. The summed E-state index contributed by atoms with van der Waals surface area (Å²) in [6.45, 7) is -0.175. The topological polar surface area (TPSA) is 53.8 Å². The van der Waals surface area contributed by atoms with Crippen LogP contribution in [0.3, 0.4) is 0 Å². The average molecular weight is 365 g/mol. The zero-order chi connectivity index (χ0) is 11.7. The summed E-state index contributed by atoms with van der Waals surface area (Å²) in [5.41, 5.74) is 0.831. The van der Waals surface area contributed by atoms with Gasteiger partial charge in [0, 0.05) is 8.95 Å². The lowest BCUT2D eigenvalue weighted by Crippen LogP contribution is -2.02. The second-order valence-corrected chi connectivity index (χ2v) is 5.19. The fraction of sp³-hybridized carbons (Fsp3) is 0.111. The summed E-state index contributed by atoms with van der Waals surface area (Å²) < 4.78 is 3.94. The predicted molar refractivity (Wildman–Crippen MR) is 70.1 cm³/mol. The Balaban J connectivity index is 2.71. The smallest absolute Gasteiger partial charge is 0.199 e. The number of aromatic nitrogens is 3. The Morgan fingerprint density at radius 3 is 2.88 bits per heavy atom. The van der Waals surface area contributed by atoms with Crippen molar-refractivity contribution in [3.63, 3.8) is 0 Å². The highest BCUT2D eigenvalue weighted by atomic mass is 79.9. The van der Waals surface area contributed by atoms with Gasteiger partial charge < -0.3 is 5.11 Å². The van der Waals surface area contributed by atoms with Crippen molar-refractivity contribution < 1.29 is 5.11 Å². The van der Waals surface area contributed by atoms with E-state index in [-0.39, 0.29) is 6.61 Å². The summed E-state index contributed by atoms with van der Waals surface area (Å²) in [6.07, 6.45) is 0. The number of aromatic amines is 1. The molecular weight excluding hydrogens is 358 g/mol. The minimum absolute atomic E-state index is 0.175. The molecule has 0 amide bonds. The largest absolute Gasteiger partial charge is 0.388 e. The Morgan fingerprint density at radius 1 is 1.44 bits per heavy atom. The molecule has 16 heavy (non-hydrogen) atoms. The van der Waals surface area contributed by atoms with Crippen LogP contribution in [0.1, 0.15) is 5.82 Å². The van der Waals surface area contributed by atoms with Gasteiger partial charge in [-0.25, -0.2) is 0 Å². The maximum Gasteiger partial charge on any atom is 0.199 e. The highest BCUT2D eigenvalue weighted by Crippen LogP contribution is 2.26. The van der Waals surface area contributed by atoms with Crippen LogP contribution in [-0.4, -0.2) is 19.9 Å². The Labute approximate surface area is 114 Å². The third-order valence-electron chi connectivity index (χ3n) is 2.03. The molecule has 2 aromatic rings. The van der Waals surface area contributed by atoms with Gasteiger partial charge in [-0.15, -0.1) is 0 Å². The minimum Gasteiger partial charge on any atom is -0.388 e. The van der Waals surface area contributed by atoms with Gasteiger partial charge in [0.15, 0.2) is 10.6 Å². The number of halogens is 2. The van der Waals surface area contributed by atoms with Gasteiger partial charge in [0.25, 0.3) is 0 Å². The lowest BCUT2D eigenvalue weighted by molar-refractivity contribution is 0.268. The molecule has 2 N–H and O–H groups in total. The maximum atomic E-state index is 9.18. The number of aliphatic hydroxyl groups excluding tert-OH is 1. The van der Waals surface area contributed by atoms with E-state index in [1.165, 1.54) is 0 Å². The predicted octanol–water partition coefficient (Wildman–Crippen LogP) is 2.95. The van der Waals surface area contributed by atoms with Crippen LogP contribution in [-0.2, 0) is 6.61 Å². The fourth-order valence-corrected chi connectivity index (χ4v) is 2.36. The second-order valence-electron chi connectivity index (χ2n) is 3.03. The molecule has 0 radical (unpaired) electrons. The number of hydrogen-bond acceptors (Lipinski definition) is 3. The van der Waals surface area contributed by atoms with E-state index in [2.05, 4.69) is 42.1 Å². The fourth-order valence-electron chi connectivity index (χ4n) is 1.34. The van der Waals surface area contributed by atoms with E-state index in [4.69, 9.17) is 12.2 Å².